The van der Waals surface area contributed by atoms with Gasteiger partial charge in [-0.2, -0.15) is 11.8 Å². The van der Waals surface area contributed by atoms with Crippen molar-refractivity contribution in [1.29, 1.82) is 0 Å². The standard InChI is InChI=1S/C19H28N2O2S/c1-15-5-6-17(13-16(15)2)14-19(23)21-9-4-8-20(10-11-21)18(22)7-12-24-3/h5-6,13H,4,7-12,14H2,1-3H3. The average Bonchev–Trinajstić information content (AvgIpc) is 2.82. The minimum absolute atomic E-state index is 0.164. The lowest BCUT2D eigenvalue weighted by molar-refractivity contribution is -0.133. The topological polar surface area (TPSA) is 40.6 Å². The molecule has 5 heteroatoms. The lowest BCUT2D eigenvalue weighted by atomic mass is 10.0. The second-order valence-corrected chi connectivity index (χ2v) is 7.44. The van der Waals surface area contributed by atoms with Crippen molar-refractivity contribution in [3.63, 3.8) is 0 Å². The Hall–Kier alpha value is -1.49. The molecule has 0 aromatic heterocycles. The van der Waals surface area contributed by atoms with Crippen LogP contribution in [-0.2, 0) is 16.0 Å². The Labute approximate surface area is 149 Å². The van der Waals surface area contributed by atoms with E-state index in [2.05, 4.69) is 26.0 Å². The lowest BCUT2D eigenvalue weighted by Crippen LogP contribution is -2.38. The molecular weight excluding hydrogens is 320 g/mol. The third-order valence-electron chi connectivity index (χ3n) is 4.65. The van der Waals surface area contributed by atoms with Crippen LogP contribution in [0.2, 0.25) is 0 Å². The number of nitrogens with zero attached hydrogens (tertiary/aromatic N) is 2. The van der Waals surface area contributed by atoms with E-state index in [4.69, 9.17) is 0 Å². The van der Waals surface area contributed by atoms with Gasteiger partial charge in [0.1, 0.15) is 0 Å². The molecule has 0 radical (unpaired) electrons. The van der Waals surface area contributed by atoms with Gasteiger partial charge in [-0.05, 0) is 43.2 Å². The van der Waals surface area contributed by atoms with Crippen LogP contribution in [0.5, 0.6) is 0 Å². The summed E-state index contributed by atoms with van der Waals surface area (Å²) in [6.07, 6.45) is 3.92. The van der Waals surface area contributed by atoms with Gasteiger partial charge in [0.15, 0.2) is 0 Å². The first-order valence-electron chi connectivity index (χ1n) is 8.62. The van der Waals surface area contributed by atoms with E-state index in [1.54, 1.807) is 11.8 Å². The van der Waals surface area contributed by atoms with Crippen molar-refractivity contribution in [2.75, 3.05) is 38.2 Å². The summed E-state index contributed by atoms with van der Waals surface area (Å²) < 4.78 is 0. The van der Waals surface area contributed by atoms with E-state index in [0.717, 1.165) is 30.8 Å². The second-order valence-electron chi connectivity index (χ2n) is 6.45. The molecule has 2 amide bonds. The molecule has 0 bridgehead atoms. The van der Waals surface area contributed by atoms with E-state index >= 15 is 0 Å². The summed E-state index contributed by atoms with van der Waals surface area (Å²) in [5.41, 5.74) is 3.54. The van der Waals surface area contributed by atoms with Gasteiger partial charge in [-0.25, -0.2) is 0 Å². The molecule has 1 heterocycles. The van der Waals surface area contributed by atoms with Gasteiger partial charge < -0.3 is 9.80 Å². The highest BCUT2D eigenvalue weighted by Crippen LogP contribution is 2.13. The minimum Gasteiger partial charge on any atom is -0.341 e. The normalized spacial score (nSPS) is 15.3. The zero-order valence-electron chi connectivity index (χ0n) is 15.0. The highest BCUT2D eigenvalue weighted by Gasteiger charge is 2.21. The Morgan fingerprint density at radius 3 is 2.29 bits per heavy atom. The Morgan fingerprint density at radius 2 is 1.67 bits per heavy atom. The van der Waals surface area contributed by atoms with Crippen LogP contribution in [0.1, 0.15) is 29.5 Å². The van der Waals surface area contributed by atoms with Gasteiger partial charge in [-0.15, -0.1) is 0 Å². The number of carbonyl (C=O) groups excluding carboxylic acids is 2. The summed E-state index contributed by atoms with van der Waals surface area (Å²) in [6.45, 7) is 6.98. The molecule has 0 saturated carbocycles. The molecule has 132 valence electrons. The predicted molar refractivity (Wildman–Crippen MR) is 100 cm³/mol. The first kappa shape index (κ1) is 18.8. The van der Waals surface area contributed by atoms with Gasteiger partial charge >= 0.3 is 0 Å². The number of rotatable bonds is 5. The van der Waals surface area contributed by atoms with E-state index in [1.807, 2.05) is 22.1 Å². The van der Waals surface area contributed by atoms with Crippen molar-refractivity contribution in [2.24, 2.45) is 0 Å². The molecule has 0 spiro atoms. The predicted octanol–water partition coefficient (Wildman–Crippen LogP) is 2.66. The molecule has 0 atom stereocenters. The van der Waals surface area contributed by atoms with Crippen LogP contribution >= 0.6 is 11.8 Å². The van der Waals surface area contributed by atoms with Gasteiger partial charge in [0.2, 0.25) is 11.8 Å². The molecule has 4 nitrogen and oxygen atoms in total. The Balaban J connectivity index is 1.89. The Kier molecular flexibility index (Phi) is 7.16. The van der Waals surface area contributed by atoms with Crippen molar-refractivity contribution < 1.29 is 9.59 Å². The van der Waals surface area contributed by atoms with Crippen LogP contribution in [0.3, 0.4) is 0 Å². The van der Waals surface area contributed by atoms with Crippen molar-refractivity contribution in [3.05, 3.63) is 34.9 Å². The fourth-order valence-corrected chi connectivity index (χ4v) is 3.34. The number of hydrogen-bond donors (Lipinski definition) is 0. The molecule has 0 N–H and O–H groups in total. The molecule has 24 heavy (non-hydrogen) atoms. The maximum absolute atomic E-state index is 12.6. The molecule has 1 fully saturated rings. The van der Waals surface area contributed by atoms with E-state index in [0.29, 0.717) is 25.9 Å². The fraction of sp³-hybridized carbons (Fsp3) is 0.579. The van der Waals surface area contributed by atoms with E-state index in [-0.39, 0.29) is 11.8 Å². The summed E-state index contributed by atoms with van der Waals surface area (Å²) in [7, 11) is 0. The number of carbonyl (C=O) groups is 2. The Bertz CT molecular complexity index is 589. The number of benzene rings is 1. The summed E-state index contributed by atoms with van der Waals surface area (Å²) in [4.78, 5) is 28.6. The number of aryl methyl sites for hydroxylation is 2. The van der Waals surface area contributed by atoms with Crippen LogP contribution in [-0.4, -0.2) is 59.8 Å². The number of hydrogen-bond acceptors (Lipinski definition) is 3. The quantitative estimate of drug-likeness (QED) is 0.821. The average molecular weight is 349 g/mol. The number of amides is 2. The van der Waals surface area contributed by atoms with Crippen LogP contribution in [0.25, 0.3) is 0 Å². The van der Waals surface area contributed by atoms with E-state index in [9.17, 15) is 9.59 Å². The highest BCUT2D eigenvalue weighted by atomic mass is 32.2. The molecule has 1 saturated heterocycles. The number of thioether (sulfide) groups is 1. The van der Waals surface area contributed by atoms with Gasteiger partial charge in [0.25, 0.3) is 0 Å². The zero-order valence-corrected chi connectivity index (χ0v) is 15.8. The maximum Gasteiger partial charge on any atom is 0.227 e. The first-order chi connectivity index (χ1) is 11.5. The van der Waals surface area contributed by atoms with Crippen molar-refractivity contribution >= 4 is 23.6 Å². The van der Waals surface area contributed by atoms with Crippen molar-refractivity contribution in [2.45, 2.75) is 33.1 Å². The maximum atomic E-state index is 12.6. The van der Waals surface area contributed by atoms with Gasteiger partial charge in [-0.1, -0.05) is 18.2 Å². The molecule has 1 aromatic carbocycles. The van der Waals surface area contributed by atoms with Crippen LogP contribution in [0.15, 0.2) is 18.2 Å². The highest BCUT2D eigenvalue weighted by molar-refractivity contribution is 7.98. The summed E-state index contributed by atoms with van der Waals surface area (Å²) in [5.74, 6) is 1.24. The smallest absolute Gasteiger partial charge is 0.227 e. The van der Waals surface area contributed by atoms with Crippen LogP contribution < -0.4 is 0 Å². The van der Waals surface area contributed by atoms with Crippen molar-refractivity contribution in [3.8, 4) is 0 Å². The third-order valence-corrected chi connectivity index (χ3v) is 5.26. The molecule has 1 aliphatic rings. The summed E-state index contributed by atoms with van der Waals surface area (Å²) >= 11 is 1.70. The van der Waals surface area contributed by atoms with Gasteiger partial charge in [-0.3, -0.25) is 9.59 Å². The monoisotopic (exact) mass is 348 g/mol. The molecule has 2 rings (SSSR count). The zero-order chi connectivity index (χ0) is 17.5. The molecule has 1 aliphatic heterocycles. The van der Waals surface area contributed by atoms with Gasteiger partial charge in [0.05, 0.1) is 6.42 Å². The van der Waals surface area contributed by atoms with Gasteiger partial charge in [0, 0.05) is 38.4 Å². The molecule has 1 aromatic rings. The van der Waals surface area contributed by atoms with Crippen molar-refractivity contribution in [1.82, 2.24) is 9.80 Å². The molecular formula is C19H28N2O2S. The lowest BCUT2D eigenvalue weighted by Gasteiger charge is -2.22. The van der Waals surface area contributed by atoms with Crippen LogP contribution in [0, 0.1) is 13.8 Å². The SMILES string of the molecule is CSCCC(=O)N1CCCN(C(=O)Cc2ccc(C)c(C)c2)CC1. The largest absolute Gasteiger partial charge is 0.341 e. The third kappa shape index (κ3) is 5.26. The van der Waals surface area contributed by atoms with E-state index < -0.39 is 0 Å². The molecule has 0 aliphatic carbocycles. The first-order valence-corrected chi connectivity index (χ1v) is 10.0. The van der Waals surface area contributed by atoms with E-state index in [1.165, 1.54) is 11.1 Å². The van der Waals surface area contributed by atoms with Crippen LogP contribution in [0.4, 0.5) is 0 Å². The Morgan fingerprint density at radius 1 is 1.00 bits per heavy atom. The summed E-state index contributed by atoms with van der Waals surface area (Å²) in [5, 5.41) is 0. The summed E-state index contributed by atoms with van der Waals surface area (Å²) in [6, 6.07) is 6.21. The second kappa shape index (κ2) is 9.11. The molecule has 0 unspecified atom stereocenters. The fourth-order valence-electron chi connectivity index (χ4n) is 2.96. The minimum atomic E-state index is 0.164.